The van der Waals surface area contributed by atoms with Crippen LogP contribution >= 0.6 is 0 Å². The summed E-state index contributed by atoms with van der Waals surface area (Å²) in [5, 5.41) is 4.11. The Bertz CT molecular complexity index is 646. The second kappa shape index (κ2) is 6.57. The van der Waals surface area contributed by atoms with Gasteiger partial charge in [-0.15, -0.1) is 0 Å². The number of rotatable bonds is 4. The minimum absolute atomic E-state index is 0.261. The molecule has 0 spiro atoms. The Balaban J connectivity index is 1.69. The summed E-state index contributed by atoms with van der Waals surface area (Å²) < 4.78 is 13.5. The first-order chi connectivity index (χ1) is 10.6. The Morgan fingerprint density at radius 3 is 3.09 bits per heavy atom. The lowest BCUT2D eigenvalue weighted by atomic mass is 9.99. The van der Waals surface area contributed by atoms with E-state index in [1.54, 1.807) is 6.07 Å². The monoisotopic (exact) mass is 302 g/mol. The third-order valence-corrected chi connectivity index (χ3v) is 4.47. The average Bonchev–Trinajstić information content (AvgIpc) is 2.52. The number of hydrogen-bond donors (Lipinski definition) is 1. The first kappa shape index (κ1) is 15.2. The molecule has 4 nitrogen and oxygen atoms in total. The largest absolute Gasteiger partial charge is 0.368 e. The molecule has 5 heteroatoms. The van der Waals surface area contributed by atoms with Gasteiger partial charge in [0.05, 0.1) is 5.52 Å². The molecule has 0 aliphatic carbocycles. The molecule has 0 saturated carbocycles. The van der Waals surface area contributed by atoms with Crippen LogP contribution in [0.15, 0.2) is 24.5 Å². The smallest absolute Gasteiger partial charge is 0.137 e. The van der Waals surface area contributed by atoms with Crippen LogP contribution in [0, 0.1) is 11.7 Å². The third kappa shape index (κ3) is 3.35. The van der Waals surface area contributed by atoms with Crippen LogP contribution in [0.4, 0.5) is 10.2 Å². The number of likely N-dealkylation sites (tertiary alicyclic amines) is 1. The van der Waals surface area contributed by atoms with Gasteiger partial charge in [0.1, 0.15) is 18.0 Å². The third-order valence-electron chi connectivity index (χ3n) is 4.47. The van der Waals surface area contributed by atoms with Gasteiger partial charge in [0.2, 0.25) is 0 Å². The van der Waals surface area contributed by atoms with Crippen molar-refractivity contribution in [2.45, 2.75) is 32.7 Å². The molecule has 2 aromatic rings. The molecule has 3 rings (SSSR count). The van der Waals surface area contributed by atoms with Gasteiger partial charge in [0, 0.05) is 24.5 Å². The topological polar surface area (TPSA) is 41.0 Å². The van der Waals surface area contributed by atoms with Crippen molar-refractivity contribution in [1.29, 1.82) is 0 Å². The molecular formula is C17H23FN4. The van der Waals surface area contributed by atoms with Gasteiger partial charge >= 0.3 is 0 Å². The summed E-state index contributed by atoms with van der Waals surface area (Å²) in [5.74, 6) is 1.22. The van der Waals surface area contributed by atoms with E-state index in [-0.39, 0.29) is 5.82 Å². The van der Waals surface area contributed by atoms with Crippen molar-refractivity contribution in [1.82, 2.24) is 14.9 Å². The molecule has 1 N–H and O–H groups in total. The molecule has 2 unspecified atom stereocenters. The van der Waals surface area contributed by atoms with Gasteiger partial charge < -0.3 is 5.32 Å². The normalized spacial score (nSPS) is 21.0. The van der Waals surface area contributed by atoms with Crippen molar-refractivity contribution < 1.29 is 4.39 Å². The molecule has 1 saturated heterocycles. The van der Waals surface area contributed by atoms with E-state index < -0.39 is 0 Å². The van der Waals surface area contributed by atoms with Gasteiger partial charge in [-0.25, -0.2) is 14.4 Å². The number of nitrogens with zero attached hydrogens (tertiary/aromatic N) is 3. The standard InChI is InChI=1S/C17H23FN4/c1-12-4-3-7-22(10-12)13(2)9-19-17-15-8-14(18)5-6-16(15)20-11-21-17/h5-6,8,11-13H,3-4,7,9-10H2,1-2H3,(H,19,20,21). The summed E-state index contributed by atoms with van der Waals surface area (Å²) in [5.41, 5.74) is 0.762. The Hall–Kier alpha value is -1.75. The molecule has 1 aliphatic rings. The van der Waals surface area contributed by atoms with Gasteiger partial charge in [-0.05, 0) is 50.4 Å². The highest BCUT2D eigenvalue weighted by Gasteiger charge is 2.20. The van der Waals surface area contributed by atoms with Gasteiger partial charge in [-0.1, -0.05) is 6.92 Å². The molecule has 0 bridgehead atoms. The highest BCUT2D eigenvalue weighted by atomic mass is 19.1. The molecule has 2 atom stereocenters. The zero-order chi connectivity index (χ0) is 15.5. The molecular weight excluding hydrogens is 279 g/mol. The van der Waals surface area contributed by atoms with E-state index in [0.717, 1.165) is 36.5 Å². The van der Waals surface area contributed by atoms with Gasteiger partial charge in [0.25, 0.3) is 0 Å². The quantitative estimate of drug-likeness (QED) is 0.941. The Labute approximate surface area is 130 Å². The summed E-state index contributed by atoms with van der Waals surface area (Å²) in [4.78, 5) is 11.0. The second-order valence-corrected chi connectivity index (χ2v) is 6.36. The fourth-order valence-electron chi connectivity index (χ4n) is 3.17. The zero-order valence-electron chi connectivity index (χ0n) is 13.2. The summed E-state index contributed by atoms with van der Waals surface area (Å²) in [6, 6.07) is 5.04. The molecule has 1 aromatic heterocycles. The molecule has 22 heavy (non-hydrogen) atoms. The van der Waals surface area contributed by atoms with Crippen LogP contribution in [0.25, 0.3) is 10.9 Å². The van der Waals surface area contributed by atoms with Crippen molar-refractivity contribution in [3.05, 3.63) is 30.3 Å². The minimum atomic E-state index is -0.261. The molecule has 1 aromatic carbocycles. The number of benzene rings is 1. The van der Waals surface area contributed by atoms with E-state index in [0.29, 0.717) is 11.9 Å². The minimum Gasteiger partial charge on any atom is -0.368 e. The highest BCUT2D eigenvalue weighted by Crippen LogP contribution is 2.21. The zero-order valence-corrected chi connectivity index (χ0v) is 13.2. The van der Waals surface area contributed by atoms with Crippen molar-refractivity contribution in [2.75, 3.05) is 25.0 Å². The van der Waals surface area contributed by atoms with Crippen LogP contribution in [0.5, 0.6) is 0 Å². The maximum atomic E-state index is 13.5. The Kier molecular flexibility index (Phi) is 4.52. The molecule has 0 amide bonds. The summed E-state index contributed by atoms with van der Waals surface area (Å²) >= 11 is 0. The van der Waals surface area contributed by atoms with E-state index in [1.807, 2.05) is 0 Å². The van der Waals surface area contributed by atoms with Gasteiger partial charge in [-0.2, -0.15) is 0 Å². The molecule has 0 radical (unpaired) electrons. The predicted octanol–water partition coefficient (Wildman–Crippen LogP) is 3.30. The lowest BCUT2D eigenvalue weighted by Crippen LogP contribution is -2.43. The van der Waals surface area contributed by atoms with E-state index in [1.165, 1.54) is 31.3 Å². The van der Waals surface area contributed by atoms with Crippen LogP contribution < -0.4 is 5.32 Å². The number of hydrogen-bond acceptors (Lipinski definition) is 4. The molecule has 2 heterocycles. The van der Waals surface area contributed by atoms with Crippen molar-refractivity contribution in [3.8, 4) is 0 Å². The summed E-state index contributed by atoms with van der Waals surface area (Å²) in [7, 11) is 0. The van der Waals surface area contributed by atoms with Crippen molar-refractivity contribution in [3.63, 3.8) is 0 Å². The van der Waals surface area contributed by atoms with Crippen molar-refractivity contribution in [2.24, 2.45) is 5.92 Å². The van der Waals surface area contributed by atoms with Crippen LogP contribution in [0.2, 0.25) is 0 Å². The number of anilines is 1. The van der Waals surface area contributed by atoms with E-state index in [4.69, 9.17) is 0 Å². The van der Waals surface area contributed by atoms with Crippen molar-refractivity contribution >= 4 is 16.7 Å². The Morgan fingerprint density at radius 2 is 2.27 bits per heavy atom. The van der Waals surface area contributed by atoms with Crippen LogP contribution in [0.1, 0.15) is 26.7 Å². The number of fused-ring (bicyclic) bond motifs is 1. The van der Waals surface area contributed by atoms with E-state index in [2.05, 4.69) is 34.0 Å². The van der Waals surface area contributed by atoms with Gasteiger partial charge in [0.15, 0.2) is 0 Å². The average molecular weight is 302 g/mol. The van der Waals surface area contributed by atoms with E-state index in [9.17, 15) is 4.39 Å². The van der Waals surface area contributed by atoms with Crippen LogP contribution in [-0.2, 0) is 0 Å². The lowest BCUT2D eigenvalue weighted by Gasteiger charge is -2.35. The number of aromatic nitrogens is 2. The molecule has 118 valence electrons. The number of halogens is 1. The second-order valence-electron chi connectivity index (χ2n) is 6.36. The Morgan fingerprint density at radius 1 is 1.41 bits per heavy atom. The lowest BCUT2D eigenvalue weighted by molar-refractivity contribution is 0.144. The first-order valence-corrected chi connectivity index (χ1v) is 8.01. The van der Waals surface area contributed by atoms with Crippen LogP contribution in [-0.4, -0.2) is 40.5 Å². The maximum Gasteiger partial charge on any atom is 0.137 e. The molecule has 1 aliphatic heterocycles. The summed E-state index contributed by atoms with van der Waals surface area (Å²) in [6.07, 6.45) is 4.12. The predicted molar refractivity (Wildman–Crippen MR) is 87.4 cm³/mol. The summed E-state index contributed by atoms with van der Waals surface area (Å²) in [6.45, 7) is 7.66. The number of nitrogens with one attached hydrogen (secondary N) is 1. The maximum absolute atomic E-state index is 13.5. The fraction of sp³-hybridized carbons (Fsp3) is 0.529. The SMILES string of the molecule is CC1CCCN(C(C)CNc2ncnc3ccc(F)cc23)C1. The number of piperidine rings is 1. The van der Waals surface area contributed by atoms with Crippen LogP contribution in [0.3, 0.4) is 0 Å². The van der Waals surface area contributed by atoms with Gasteiger partial charge in [-0.3, -0.25) is 4.90 Å². The highest BCUT2D eigenvalue weighted by molar-refractivity contribution is 5.88. The fourth-order valence-corrected chi connectivity index (χ4v) is 3.17. The van der Waals surface area contributed by atoms with E-state index >= 15 is 0 Å². The first-order valence-electron chi connectivity index (χ1n) is 8.01. The molecule has 1 fully saturated rings.